The fraction of sp³-hybridized carbons (Fsp3) is 0.455. The Labute approximate surface area is 110 Å². The number of benzene rings is 1. The SMILES string of the molecule is CC(CCl)CS(=O)(=O)NCc1cc(F)ccc1F. The summed E-state index contributed by atoms with van der Waals surface area (Å²) in [6.07, 6.45) is 0. The second kappa shape index (κ2) is 6.45. The van der Waals surface area contributed by atoms with Crippen LogP contribution in [-0.2, 0) is 16.6 Å². The van der Waals surface area contributed by atoms with E-state index in [1.54, 1.807) is 6.92 Å². The smallest absolute Gasteiger partial charge is 0.212 e. The van der Waals surface area contributed by atoms with Crippen LogP contribution in [0.4, 0.5) is 8.78 Å². The molecule has 0 saturated heterocycles. The van der Waals surface area contributed by atoms with E-state index < -0.39 is 21.7 Å². The van der Waals surface area contributed by atoms with Crippen LogP contribution in [0.15, 0.2) is 18.2 Å². The molecule has 1 aromatic rings. The molecule has 0 bridgehead atoms. The van der Waals surface area contributed by atoms with E-state index in [-0.39, 0.29) is 29.7 Å². The van der Waals surface area contributed by atoms with Crippen molar-refractivity contribution in [2.45, 2.75) is 13.5 Å². The fourth-order valence-electron chi connectivity index (χ4n) is 1.34. The second-order valence-electron chi connectivity index (χ2n) is 4.10. The summed E-state index contributed by atoms with van der Waals surface area (Å²) in [6.45, 7) is 1.41. The van der Waals surface area contributed by atoms with E-state index in [9.17, 15) is 17.2 Å². The Morgan fingerprint density at radius 3 is 2.67 bits per heavy atom. The molecule has 0 spiro atoms. The molecule has 0 saturated carbocycles. The van der Waals surface area contributed by atoms with Crippen molar-refractivity contribution in [2.24, 2.45) is 5.92 Å². The van der Waals surface area contributed by atoms with Crippen LogP contribution in [0, 0.1) is 17.6 Å². The van der Waals surface area contributed by atoms with Gasteiger partial charge in [0, 0.05) is 18.0 Å². The first-order valence-electron chi connectivity index (χ1n) is 5.31. The van der Waals surface area contributed by atoms with E-state index >= 15 is 0 Å². The summed E-state index contributed by atoms with van der Waals surface area (Å²) < 4.78 is 51.5. The van der Waals surface area contributed by atoms with Gasteiger partial charge in [-0.1, -0.05) is 6.92 Å². The zero-order chi connectivity index (χ0) is 13.8. The first-order valence-corrected chi connectivity index (χ1v) is 7.50. The summed E-state index contributed by atoms with van der Waals surface area (Å²) in [5.41, 5.74) is -0.0305. The molecule has 1 atom stereocenters. The summed E-state index contributed by atoms with van der Waals surface area (Å²) in [4.78, 5) is 0. The van der Waals surface area contributed by atoms with Crippen molar-refractivity contribution in [2.75, 3.05) is 11.6 Å². The van der Waals surface area contributed by atoms with Gasteiger partial charge in [-0.25, -0.2) is 21.9 Å². The molecule has 0 radical (unpaired) electrons. The van der Waals surface area contributed by atoms with Gasteiger partial charge in [-0.3, -0.25) is 0 Å². The lowest BCUT2D eigenvalue weighted by Gasteiger charge is -2.10. The Morgan fingerprint density at radius 2 is 2.06 bits per heavy atom. The Hall–Kier alpha value is -0.720. The van der Waals surface area contributed by atoms with Gasteiger partial charge in [-0.2, -0.15) is 0 Å². The molecule has 0 aliphatic rings. The van der Waals surface area contributed by atoms with Gasteiger partial charge < -0.3 is 0 Å². The van der Waals surface area contributed by atoms with Gasteiger partial charge in [0.1, 0.15) is 11.6 Å². The molecule has 1 unspecified atom stereocenters. The maximum Gasteiger partial charge on any atom is 0.212 e. The van der Waals surface area contributed by atoms with Crippen LogP contribution in [0.3, 0.4) is 0 Å². The first-order chi connectivity index (χ1) is 8.34. The zero-order valence-corrected chi connectivity index (χ0v) is 11.4. The van der Waals surface area contributed by atoms with Crippen molar-refractivity contribution < 1.29 is 17.2 Å². The minimum atomic E-state index is -3.54. The lowest BCUT2D eigenvalue weighted by Crippen LogP contribution is -2.29. The van der Waals surface area contributed by atoms with Crippen molar-refractivity contribution >= 4 is 21.6 Å². The molecule has 102 valence electrons. The number of rotatable bonds is 6. The lowest BCUT2D eigenvalue weighted by molar-refractivity contribution is 0.559. The summed E-state index contributed by atoms with van der Waals surface area (Å²) in [6, 6.07) is 2.89. The van der Waals surface area contributed by atoms with Crippen molar-refractivity contribution in [3.05, 3.63) is 35.4 Å². The summed E-state index contributed by atoms with van der Waals surface area (Å²) in [5.74, 6) is -1.39. The number of hydrogen-bond acceptors (Lipinski definition) is 2. The molecular formula is C11H14ClF2NO2S. The Morgan fingerprint density at radius 1 is 1.39 bits per heavy atom. The molecule has 3 nitrogen and oxygen atoms in total. The molecule has 0 amide bonds. The highest BCUT2D eigenvalue weighted by atomic mass is 35.5. The van der Waals surface area contributed by atoms with Gasteiger partial charge in [0.15, 0.2) is 0 Å². The van der Waals surface area contributed by atoms with E-state index in [1.165, 1.54) is 0 Å². The Bertz CT molecular complexity index is 508. The number of hydrogen-bond donors (Lipinski definition) is 1. The number of alkyl halides is 1. The normalized spacial score (nSPS) is 13.6. The second-order valence-corrected chi connectivity index (χ2v) is 6.26. The molecule has 1 aromatic carbocycles. The van der Waals surface area contributed by atoms with Gasteiger partial charge in [0.25, 0.3) is 0 Å². The van der Waals surface area contributed by atoms with E-state index in [0.717, 1.165) is 18.2 Å². The monoisotopic (exact) mass is 297 g/mol. The molecule has 0 aliphatic heterocycles. The predicted octanol–water partition coefficient (Wildman–Crippen LogP) is 2.26. The highest BCUT2D eigenvalue weighted by Gasteiger charge is 2.15. The van der Waals surface area contributed by atoms with Crippen molar-refractivity contribution in [1.29, 1.82) is 0 Å². The fourth-order valence-corrected chi connectivity index (χ4v) is 2.94. The van der Waals surface area contributed by atoms with Crippen molar-refractivity contribution in [3.63, 3.8) is 0 Å². The summed E-state index contributed by atoms with van der Waals surface area (Å²) in [5, 5.41) is 0. The van der Waals surface area contributed by atoms with Crippen LogP contribution in [0.1, 0.15) is 12.5 Å². The maximum atomic E-state index is 13.3. The Balaban J connectivity index is 2.67. The molecule has 1 N–H and O–H groups in total. The van der Waals surface area contributed by atoms with Gasteiger partial charge in [-0.15, -0.1) is 11.6 Å². The van der Waals surface area contributed by atoms with E-state index in [4.69, 9.17) is 11.6 Å². The average molecular weight is 298 g/mol. The van der Waals surface area contributed by atoms with Crippen LogP contribution in [0.5, 0.6) is 0 Å². The third-order valence-corrected chi connectivity index (χ3v) is 4.38. The molecule has 0 fully saturated rings. The van der Waals surface area contributed by atoms with Crippen LogP contribution >= 0.6 is 11.6 Å². The third-order valence-electron chi connectivity index (χ3n) is 2.26. The van der Waals surface area contributed by atoms with Gasteiger partial charge >= 0.3 is 0 Å². The number of sulfonamides is 1. The van der Waals surface area contributed by atoms with Crippen LogP contribution in [0.2, 0.25) is 0 Å². The quantitative estimate of drug-likeness (QED) is 0.819. The van der Waals surface area contributed by atoms with Crippen LogP contribution in [0.25, 0.3) is 0 Å². The Kier molecular flexibility index (Phi) is 5.49. The molecule has 0 heterocycles. The number of nitrogens with one attached hydrogen (secondary N) is 1. The van der Waals surface area contributed by atoms with Crippen molar-refractivity contribution in [3.8, 4) is 0 Å². The lowest BCUT2D eigenvalue weighted by atomic mass is 10.2. The molecular weight excluding hydrogens is 284 g/mol. The minimum Gasteiger partial charge on any atom is -0.212 e. The highest BCUT2D eigenvalue weighted by molar-refractivity contribution is 7.89. The highest BCUT2D eigenvalue weighted by Crippen LogP contribution is 2.10. The minimum absolute atomic E-state index is 0.0305. The standard InChI is InChI=1S/C11H14ClF2NO2S/c1-8(5-12)7-18(16,17)15-6-9-4-10(13)2-3-11(9)14/h2-4,8,15H,5-7H2,1H3. The van der Waals surface area contributed by atoms with Crippen molar-refractivity contribution in [1.82, 2.24) is 4.72 Å². The number of halogens is 3. The van der Waals surface area contributed by atoms with Gasteiger partial charge in [-0.05, 0) is 24.1 Å². The van der Waals surface area contributed by atoms with E-state index in [0.29, 0.717) is 0 Å². The molecule has 7 heteroatoms. The molecule has 1 rings (SSSR count). The summed E-state index contributed by atoms with van der Waals surface area (Å²) >= 11 is 5.52. The van der Waals surface area contributed by atoms with Gasteiger partial charge in [0.2, 0.25) is 10.0 Å². The topological polar surface area (TPSA) is 46.2 Å². The largest absolute Gasteiger partial charge is 0.212 e. The predicted molar refractivity (Wildman–Crippen MR) is 66.9 cm³/mol. The van der Waals surface area contributed by atoms with E-state index in [1.807, 2.05) is 0 Å². The third kappa shape index (κ3) is 4.88. The average Bonchev–Trinajstić information content (AvgIpc) is 2.30. The maximum absolute atomic E-state index is 13.3. The first kappa shape index (κ1) is 15.3. The van der Waals surface area contributed by atoms with E-state index in [2.05, 4.69) is 4.72 Å². The van der Waals surface area contributed by atoms with Crippen LogP contribution in [-0.4, -0.2) is 20.1 Å². The zero-order valence-electron chi connectivity index (χ0n) is 9.79. The molecule has 0 aliphatic carbocycles. The van der Waals surface area contributed by atoms with Crippen LogP contribution < -0.4 is 4.72 Å². The molecule has 0 aromatic heterocycles. The summed E-state index contributed by atoms with van der Waals surface area (Å²) in [7, 11) is -3.54. The van der Waals surface area contributed by atoms with Gasteiger partial charge in [0.05, 0.1) is 5.75 Å². The molecule has 18 heavy (non-hydrogen) atoms.